The van der Waals surface area contributed by atoms with Crippen molar-refractivity contribution >= 4 is 16.0 Å². The van der Waals surface area contributed by atoms with Gasteiger partial charge in [-0.25, -0.2) is 0 Å². The summed E-state index contributed by atoms with van der Waals surface area (Å²) in [6.45, 7) is 4.34. The molecular formula is C33H57NO5S. The van der Waals surface area contributed by atoms with Gasteiger partial charge < -0.3 is 10.4 Å². The van der Waals surface area contributed by atoms with Crippen LogP contribution in [0.15, 0.2) is 60.8 Å². The molecule has 0 aliphatic rings. The normalized spacial score (nSPS) is 14.4. The lowest BCUT2D eigenvalue weighted by molar-refractivity contribution is -0.122. The number of nitrogens with one attached hydrogen (secondary N) is 1. The maximum Gasteiger partial charge on any atom is 0.267 e. The molecule has 0 aromatic carbocycles. The molecule has 0 heterocycles. The number of unbranched alkanes of at least 4 members (excludes halogenated alkanes) is 10. The van der Waals surface area contributed by atoms with Gasteiger partial charge in [-0.1, -0.05) is 113 Å². The summed E-state index contributed by atoms with van der Waals surface area (Å²) in [6.07, 6.45) is 36.3. The molecule has 0 saturated carbocycles. The van der Waals surface area contributed by atoms with E-state index in [4.69, 9.17) is 0 Å². The predicted molar refractivity (Wildman–Crippen MR) is 170 cm³/mol. The van der Waals surface area contributed by atoms with E-state index < -0.39 is 28.0 Å². The van der Waals surface area contributed by atoms with Crippen LogP contribution in [0, 0.1) is 0 Å². The van der Waals surface area contributed by atoms with Crippen LogP contribution in [0.3, 0.4) is 0 Å². The third-order valence-electron chi connectivity index (χ3n) is 6.43. The molecule has 0 radical (unpaired) electrons. The number of amides is 1. The number of aliphatic hydroxyl groups excluding tert-OH is 1. The Morgan fingerprint density at radius 1 is 0.700 bits per heavy atom. The predicted octanol–water partition coefficient (Wildman–Crippen LogP) is 8.17. The number of rotatable bonds is 26. The Labute approximate surface area is 245 Å². The zero-order valence-corrected chi connectivity index (χ0v) is 26.0. The van der Waals surface area contributed by atoms with Gasteiger partial charge in [-0.2, -0.15) is 8.42 Å². The molecule has 230 valence electrons. The Bertz CT molecular complexity index is 858. The summed E-state index contributed by atoms with van der Waals surface area (Å²) < 4.78 is 32.2. The van der Waals surface area contributed by atoms with Crippen LogP contribution in [-0.2, 0) is 14.9 Å². The van der Waals surface area contributed by atoms with Crippen molar-refractivity contribution in [1.82, 2.24) is 5.32 Å². The molecule has 0 fully saturated rings. The molecule has 3 N–H and O–H groups in total. The van der Waals surface area contributed by atoms with Gasteiger partial charge in [0.25, 0.3) is 10.1 Å². The first-order chi connectivity index (χ1) is 19.3. The van der Waals surface area contributed by atoms with Crippen molar-refractivity contribution in [2.45, 2.75) is 135 Å². The van der Waals surface area contributed by atoms with E-state index in [1.807, 2.05) is 0 Å². The molecule has 1 amide bonds. The van der Waals surface area contributed by atoms with Crippen LogP contribution in [0.2, 0.25) is 0 Å². The van der Waals surface area contributed by atoms with Crippen molar-refractivity contribution in [1.29, 1.82) is 0 Å². The van der Waals surface area contributed by atoms with Gasteiger partial charge in [-0.05, 0) is 64.2 Å². The molecule has 0 bridgehead atoms. The van der Waals surface area contributed by atoms with Gasteiger partial charge in [-0.15, -0.1) is 0 Å². The fraction of sp³-hybridized carbons (Fsp3) is 0.667. The zero-order valence-electron chi connectivity index (χ0n) is 25.2. The van der Waals surface area contributed by atoms with Crippen molar-refractivity contribution in [2.75, 3.05) is 5.75 Å². The lowest BCUT2D eigenvalue weighted by Crippen LogP contribution is -2.46. The Hall–Kier alpha value is -1.96. The minimum absolute atomic E-state index is 0.250. The summed E-state index contributed by atoms with van der Waals surface area (Å²) in [7, 11) is -4.35. The van der Waals surface area contributed by atoms with Crippen molar-refractivity contribution in [3.63, 3.8) is 0 Å². The summed E-state index contributed by atoms with van der Waals surface area (Å²) in [5, 5.41) is 13.0. The minimum atomic E-state index is -4.35. The van der Waals surface area contributed by atoms with Crippen molar-refractivity contribution in [2.24, 2.45) is 0 Å². The van der Waals surface area contributed by atoms with E-state index in [1.54, 1.807) is 6.08 Å². The lowest BCUT2D eigenvalue weighted by Gasteiger charge is -2.21. The summed E-state index contributed by atoms with van der Waals surface area (Å²) in [6, 6.07) is -1.09. The molecule has 0 aliphatic heterocycles. The summed E-state index contributed by atoms with van der Waals surface area (Å²) in [5.41, 5.74) is 0. The molecule has 0 aromatic heterocycles. The topological polar surface area (TPSA) is 104 Å². The maximum atomic E-state index is 12.4. The highest BCUT2D eigenvalue weighted by atomic mass is 32.2. The number of carbonyl (C=O) groups excluding carboxylic acids is 1. The Balaban J connectivity index is 4.23. The maximum absolute atomic E-state index is 12.4. The second-order valence-electron chi connectivity index (χ2n) is 10.3. The van der Waals surface area contributed by atoms with Gasteiger partial charge in [-0.3, -0.25) is 9.35 Å². The Morgan fingerprint density at radius 2 is 1.23 bits per heavy atom. The van der Waals surface area contributed by atoms with Crippen molar-refractivity contribution in [3.05, 3.63) is 60.8 Å². The molecule has 0 spiro atoms. The van der Waals surface area contributed by atoms with Crippen LogP contribution < -0.4 is 5.32 Å². The first kappa shape index (κ1) is 38.0. The van der Waals surface area contributed by atoms with Crippen LogP contribution in [0.5, 0.6) is 0 Å². The van der Waals surface area contributed by atoms with E-state index >= 15 is 0 Å². The van der Waals surface area contributed by atoms with Crippen LogP contribution in [0.1, 0.15) is 123 Å². The van der Waals surface area contributed by atoms with E-state index in [1.165, 1.54) is 44.6 Å². The van der Waals surface area contributed by atoms with Gasteiger partial charge in [0.1, 0.15) is 0 Å². The number of hydrogen-bond donors (Lipinski definition) is 3. The number of aliphatic hydroxyl groups is 1. The van der Waals surface area contributed by atoms with Crippen molar-refractivity contribution in [3.8, 4) is 0 Å². The minimum Gasteiger partial charge on any atom is -0.387 e. The van der Waals surface area contributed by atoms with Gasteiger partial charge >= 0.3 is 0 Å². The molecular weight excluding hydrogens is 522 g/mol. The summed E-state index contributed by atoms with van der Waals surface area (Å²) in [5.74, 6) is -1.05. The highest BCUT2D eigenvalue weighted by Gasteiger charge is 2.24. The number of allylic oxidation sites excluding steroid dienone is 9. The Morgan fingerprint density at radius 3 is 1.88 bits per heavy atom. The van der Waals surface area contributed by atoms with Crippen LogP contribution in [0.4, 0.5) is 0 Å². The third kappa shape index (κ3) is 27.6. The third-order valence-corrected chi connectivity index (χ3v) is 7.21. The van der Waals surface area contributed by atoms with Crippen LogP contribution >= 0.6 is 0 Å². The zero-order chi connectivity index (χ0) is 29.7. The van der Waals surface area contributed by atoms with E-state index in [-0.39, 0.29) is 12.3 Å². The highest BCUT2D eigenvalue weighted by Crippen LogP contribution is 2.09. The monoisotopic (exact) mass is 579 g/mol. The Kier molecular flexibility index (Phi) is 25.9. The van der Waals surface area contributed by atoms with Crippen LogP contribution in [-0.4, -0.2) is 41.9 Å². The van der Waals surface area contributed by atoms with E-state index in [9.17, 15) is 22.9 Å². The first-order valence-corrected chi connectivity index (χ1v) is 17.1. The SMILES string of the molecule is CC/C=C\C/C=C\C/C=C\CCCCCC(=O)NC(CS(=O)(=O)O)C(O)/C=C/CC/C=C/CCCCCCCC. The van der Waals surface area contributed by atoms with Gasteiger partial charge in [0.05, 0.1) is 17.9 Å². The molecule has 40 heavy (non-hydrogen) atoms. The van der Waals surface area contributed by atoms with E-state index in [2.05, 4.69) is 67.8 Å². The second kappa shape index (κ2) is 27.2. The first-order valence-electron chi connectivity index (χ1n) is 15.5. The highest BCUT2D eigenvalue weighted by molar-refractivity contribution is 7.85. The molecule has 2 atom stereocenters. The number of carbonyl (C=O) groups is 1. The van der Waals surface area contributed by atoms with E-state index in [0.29, 0.717) is 12.8 Å². The molecule has 6 nitrogen and oxygen atoms in total. The fourth-order valence-corrected chi connectivity index (χ4v) is 4.86. The van der Waals surface area contributed by atoms with Crippen LogP contribution in [0.25, 0.3) is 0 Å². The second-order valence-corrected chi connectivity index (χ2v) is 11.8. The van der Waals surface area contributed by atoms with Crippen molar-refractivity contribution < 1.29 is 22.9 Å². The van der Waals surface area contributed by atoms with E-state index in [0.717, 1.165) is 51.4 Å². The van der Waals surface area contributed by atoms with Gasteiger partial charge in [0.15, 0.2) is 0 Å². The molecule has 0 saturated heterocycles. The average Bonchev–Trinajstić information content (AvgIpc) is 2.90. The lowest BCUT2D eigenvalue weighted by atomic mass is 10.1. The largest absolute Gasteiger partial charge is 0.387 e. The summed E-state index contributed by atoms with van der Waals surface area (Å²) in [4.78, 5) is 12.4. The molecule has 7 heteroatoms. The van der Waals surface area contributed by atoms with Gasteiger partial charge in [0.2, 0.25) is 5.91 Å². The smallest absolute Gasteiger partial charge is 0.267 e. The standard InChI is InChI=1S/C33H57NO5S/c1-3-5-7-9-11-13-15-17-19-21-23-25-27-29-33(36)34-31(30-40(37,38)39)32(35)28-26-24-22-20-18-16-14-12-10-8-6-4-2/h5,7,11,13,17-20,26,28,31-32,35H,3-4,6,8-10,12,14-16,21-25,27,29-30H2,1-2H3,(H,34,36)(H,37,38,39)/b7-5-,13-11-,19-17-,20-18+,28-26+. The average molecular weight is 580 g/mol. The summed E-state index contributed by atoms with van der Waals surface area (Å²) >= 11 is 0. The molecule has 2 unspecified atom stereocenters. The molecule has 0 aromatic rings. The molecule has 0 rings (SSSR count). The quantitative estimate of drug-likeness (QED) is 0.0545. The number of hydrogen-bond acceptors (Lipinski definition) is 4. The van der Waals surface area contributed by atoms with Gasteiger partial charge in [0, 0.05) is 6.42 Å². The molecule has 0 aliphatic carbocycles. The fourth-order valence-electron chi connectivity index (χ4n) is 4.12.